The Kier molecular flexibility index (Phi) is 2.55. The number of alkyl halides is 1. The molecule has 1 aliphatic rings. The van der Waals surface area contributed by atoms with Gasteiger partial charge in [0, 0.05) is 0 Å². The Hall–Kier alpha value is 0.460. The van der Waals surface area contributed by atoms with Crippen molar-refractivity contribution in [2.75, 3.05) is 6.16 Å². The van der Waals surface area contributed by atoms with Gasteiger partial charge in [0.25, 0.3) is 0 Å². The van der Waals surface area contributed by atoms with Gasteiger partial charge in [0.1, 0.15) is 0 Å². The fraction of sp³-hybridized carbons (Fsp3) is 0.714. The molecular formula is C7H12ClP. The normalized spacial score (nSPS) is 31.7. The van der Waals surface area contributed by atoms with Crippen LogP contribution in [0.15, 0.2) is 11.1 Å². The van der Waals surface area contributed by atoms with Crippen molar-refractivity contribution in [2.45, 2.75) is 25.4 Å². The number of halogens is 1. The molecule has 2 unspecified atom stereocenters. The van der Waals surface area contributed by atoms with Crippen molar-refractivity contribution in [1.29, 1.82) is 0 Å². The topological polar surface area (TPSA) is 0 Å². The third kappa shape index (κ3) is 1.95. The van der Waals surface area contributed by atoms with Crippen molar-refractivity contribution in [3.05, 3.63) is 11.1 Å². The summed E-state index contributed by atoms with van der Waals surface area (Å²) in [6, 6.07) is 0. The summed E-state index contributed by atoms with van der Waals surface area (Å²) in [5.41, 5.74) is 3.07. The number of hydrogen-bond acceptors (Lipinski definition) is 0. The molecule has 1 heterocycles. The van der Waals surface area contributed by atoms with Gasteiger partial charge in [-0.3, -0.25) is 0 Å². The van der Waals surface area contributed by atoms with E-state index >= 15 is 0 Å². The summed E-state index contributed by atoms with van der Waals surface area (Å²) in [6.45, 7) is 4.40. The van der Waals surface area contributed by atoms with E-state index in [1.807, 2.05) is 0 Å². The molecule has 0 aliphatic carbocycles. The molecule has 0 aromatic rings. The zero-order valence-electron chi connectivity index (χ0n) is 5.87. The quantitative estimate of drug-likeness (QED) is 0.292. The van der Waals surface area contributed by atoms with Crippen molar-refractivity contribution in [3.8, 4) is 0 Å². The van der Waals surface area contributed by atoms with Gasteiger partial charge in [-0.15, -0.1) is 11.6 Å². The molecular weight excluding hydrogens is 151 g/mol. The molecule has 0 saturated heterocycles. The molecule has 2 atom stereocenters. The lowest BCUT2D eigenvalue weighted by molar-refractivity contribution is 0.996. The van der Waals surface area contributed by atoms with Gasteiger partial charge in [-0.25, -0.2) is 0 Å². The molecule has 0 bridgehead atoms. The molecule has 0 spiro atoms. The molecule has 0 N–H and O–H groups in total. The van der Waals surface area contributed by atoms with Crippen molar-refractivity contribution in [3.63, 3.8) is 0 Å². The predicted molar refractivity (Wildman–Crippen MR) is 45.8 cm³/mol. The van der Waals surface area contributed by atoms with Gasteiger partial charge in [-0.1, -0.05) is 19.7 Å². The minimum Gasteiger partial charge on any atom is -0.118 e. The summed E-state index contributed by atoms with van der Waals surface area (Å²) in [5, 5.41) is 0.439. The van der Waals surface area contributed by atoms with Crippen LogP contribution in [0, 0.1) is 0 Å². The molecule has 0 aromatic heterocycles. The average molecular weight is 163 g/mol. The summed E-state index contributed by atoms with van der Waals surface area (Å²) in [5.74, 6) is 0. The van der Waals surface area contributed by atoms with Gasteiger partial charge >= 0.3 is 0 Å². The Morgan fingerprint density at radius 1 is 1.44 bits per heavy atom. The van der Waals surface area contributed by atoms with Crippen molar-refractivity contribution >= 4 is 20.2 Å². The van der Waals surface area contributed by atoms with Crippen molar-refractivity contribution in [2.24, 2.45) is 0 Å². The lowest BCUT2D eigenvalue weighted by Gasteiger charge is -2.18. The van der Waals surface area contributed by atoms with Crippen LogP contribution in [0.3, 0.4) is 0 Å². The first kappa shape index (κ1) is 7.57. The Morgan fingerprint density at radius 2 is 2.11 bits per heavy atom. The van der Waals surface area contributed by atoms with E-state index in [1.54, 1.807) is 5.57 Å². The van der Waals surface area contributed by atoms with Crippen molar-refractivity contribution < 1.29 is 0 Å². The number of allylic oxidation sites excluding steroid dienone is 2. The molecule has 0 amide bonds. The molecule has 0 fully saturated rings. The maximum absolute atomic E-state index is 5.95. The smallest absolute Gasteiger partial charge is 0.0544 e. The maximum atomic E-state index is 5.95. The second-order valence-electron chi connectivity index (χ2n) is 2.61. The molecule has 1 rings (SSSR count). The van der Waals surface area contributed by atoms with E-state index in [9.17, 15) is 0 Å². The number of hydrogen-bond donors (Lipinski definition) is 0. The first-order valence-electron chi connectivity index (χ1n) is 3.23. The first-order chi connectivity index (χ1) is 4.20. The highest BCUT2D eigenvalue weighted by Gasteiger charge is 2.12. The Bertz CT molecular complexity index is 140. The van der Waals surface area contributed by atoms with E-state index in [2.05, 4.69) is 13.8 Å². The van der Waals surface area contributed by atoms with E-state index in [-0.39, 0.29) is 0 Å². The molecule has 1 aliphatic heterocycles. The van der Waals surface area contributed by atoms with Crippen LogP contribution >= 0.6 is 20.2 Å². The van der Waals surface area contributed by atoms with Crippen LogP contribution < -0.4 is 0 Å². The Balaban J connectivity index is 2.61. The largest absolute Gasteiger partial charge is 0.118 e. The minimum absolute atomic E-state index is 0.439. The SMILES string of the molecule is CC1=C(C)CC(Cl)PC1. The van der Waals surface area contributed by atoms with Gasteiger partial charge < -0.3 is 0 Å². The van der Waals surface area contributed by atoms with E-state index in [0.717, 1.165) is 15.0 Å². The molecule has 0 nitrogen and oxygen atoms in total. The molecule has 2 heteroatoms. The zero-order valence-corrected chi connectivity index (χ0v) is 7.63. The first-order valence-corrected chi connectivity index (χ1v) is 4.95. The average Bonchev–Trinajstić information content (AvgIpc) is 1.80. The highest BCUT2D eigenvalue weighted by atomic mass is 35.5. The second-order valence-corrected chi connectivity index (χ2v) is 4.96. The number of rotatable bonds is 0. The molecule has 9 heavy (non-hydrogen) atoms. The van der Waals surface area contributed by atoms with E-state index in [1.165, 1.54) is 11.7 Å². The summed E-state index contributed by atoms with van der Waals surface area (Å²) < 4.78 is 0. The lowest BCUT2D eigenvalue weighted by Crippen LogP contribution is -2.02. The highest BCUT2D eigenvalue weighted by Crippen LogP contribution is 2.36. The van der Waals surface area contributed by atoms with Gasteiger partial charge in [-0.05, 0) is 26.4 Å². The monoisotopic (exact) mass is 162 g/mol. The van der Waals surface area contributed by atoms with Crippen LogP contribution in [-0.2, 0) is 0 Å². The molecule has 0 radical (unpaired) electrons. The summed E-state index contributed by atoms with van der Waals surface area (Å²) in [6.07, 6.45) is 2.35. The van der Waals surface area contributed by atoms with Crippen LogP contribution in [0.5, 0.6) is 0 Å². The van der Waals surface area contributed by atoms with Crippen LogP contribution in [0.25, 0.3) is 0 Å². The molecule has 0 aromatic carbocycles. The van der Waals surface area contributed by atoms with Gasteiger partial charge in [0.2, 0.25) is 0 Å². The van der Waals surface area contributed by atoms with E-state index in [0.29, 0.717) is 5.12 Å². The van der Waals surface area contributed by atoms with Gasteiger partial charge in [0.15, 0.2) is 0 Å². The fourth-order valence-corrected chi connectivity index (χ4v) is 2.67. The lowest BCUT2D eigenvalue weighted by atomic mass is 10.1. The van der Waals surface area contributed by atoms with Gasteiger partial charge in [-0.2, -0.15) is 0 Å². The second kappa shape index (κ2) is 3.03. The van der Waals surface area contributed by atoms with E-state index in [4.69, 9.17) is 11.6 Å². The van der Waals surface area contributed by atoms with Crippen LogP contribution in [0.4, 0.5) is 0 Å². The highest BCUT2D eigenvalue weighted by molar-refractivity contribution is 7.41. The van der Waals surface area contributed by atoms with Crippen LogP contribution in [-0.4, -0.2) is 11.3 Å². The summed E-state index contributed by atoms with van der Waals surface area (Å²) >= 11 is 5.95. The van der Waals surface area contributed by atoms with Crippen LogP contribution in [0.2, 0.25) is 0 Å². The van der Waals surface area contributed by atoms with Crippen molar-refractivity contribution in [1.82, 2.24) is 0 Å². The Morgan fingerprint density at radius 3 is 2.56 bits per heavy atom. The Labute approximate surface area is 63.5 Å². The van der Waals surface area contributed by atoms with Gasteiger partial charge in [0.05, 0.1) is 5.12 Å². The summed E-state index contributed by atoms with van der Waals surface area (Å²) in [4.78, 5) is 0. The zero-order chi connectivity index (χ0) is 6.85. The standard InChI is InChI=1S/C7H12ClP/c1-5-3-7(8)9-4-6(5)2/h7,9H,3-4H2,1-2H3. The maximum Gasteiger partial charge on any atom is 0.0544 e. The molecule has 52 valence electrons. The third-order valence-electron chi connectivity index (χ3n) is 1.80. The summed E-state index contributed by atoms with van der Waals surface area (Å²) in [7, 11) is 0.949. The third-order valence-corrected chi connectivity index (χ3v) is 3.80. The predicted octanol–water partition coefficient (Wildman–Crippen LogP) is 2.97. The van der Waals surface area contributed by atoms with E-state index < -0.39 is 0 Å². The molecule has 0 saturated carbocycles. The fourth-order valence-electron chi connectivity index (χ4n) is 0.930. The minimum atomic E-state index is 0.439. The van der Waals surface area contributed by atoms with Crippen LogP contribution in [0.1, 0.15) is 20.3 Å².